The van der Waals surface area contributed by atoms with Gasteiger partial charge in [0.2, 0.25) is 0 Å². The van der Waals surface area contributed by atoms with Crippen LogP contribution in [0.3, 0.4) is 0 Å². The molecule has 0 bridgehead atoms. The number of hydrogen-bond acceptors (Lipinski definition) is 3. The lowest BCUT2D eigenvalue weighted by molar-refractivity contribution is 0.0949. The van der Waals surface area contributed by atoms with Crippen molar-refractivity contribution in [1.82, 2.24) is 20.1 Å². The average Bonchev–Trinajstić information content (AvgIpc) is 3.05. The normalized spacial score (nSPS) is 10.6. The van der Waals surface area contributed by atoms with Crippen LogP contribution in [0.2, 0.25) is 0 Å². The van der Waals surface area contributed by atoms with E-state index in [1.807, 2.05) is 6.07 Å². The summed E-state index contributed by atoms with van der Waals surface area (Å²) in [5.41, 5.74) is 1.70. The molecule has 0 aliphatic carbocycles. The minimum absolute atomic E-state index is 0.160. The van der Waals surface area contributed by atoms with Gasteiger partial charge >= 0.3 is 0 Å². The summed E-state index contributed by atoms with van der Waals surface area (Å²) in [5, 5.41) is 7.07. The molecule has 0 atom stereocenters. The van der Waals surface area contributed by atoms with Gasteiger partial charge in [-0.2, -0.15) is 5.10 Å². The summed E-state index contributed by atoms with van der Waals surface area (Å²) in [6, 6.07) is 10.3. The van der Waals surface area contributed by atoms with Crippen molar-refractivity contribution in [3.63, 3.8) is 0 Å². The smallest absolute Gasteiger partial charge is 0.269 e. The summed E-state index contributed by atoms with van der Waals surface area (Å²) in [4.78, 5) is 15.6. The van der Waals surface area contributed by atoms with Crippen molar-refractivity contribution in [3.8, 4) is 5.69 Å². The summed E-state index contributed by atoms with van der Waals surface area (Å²) in [5.74, 6) is -1.16. The molecule has 0 spiro atoms. The third-order valence-corrected chi connectivity index (χ3v) is 3.36. The zero-order valence-electron chi connectivity index (χ0n) is 12.6. The number of aromatic nitrogens is 3. The first-order valence-electron chi connectivity index (χ1n) is 7.32. The number of benzene rings is 1. The number of hydrogen-bond donors (Lipinski definition) is 1. The van der Waals surface area contributed by atoms with Crippen molar-refractivity contribution in [2.24, 2.45) is 0 Å². The summed E-state index contributed by atoms with van der Waals surface area (Å²) in [6.45, 7) is 0.373. The van der Waals surface area contributed by atoms with Crippen LogP contribution in [-0.4, -0.2) is 27.2 Å². The number of rotatable bonds is 5. The molecule has 0 saturated heterocycles. The van der Waals surface area contributed by atoms with Crippen molar-refractivity contribution in [1.29, 1.82) is 0 Å². The molecule has 1 aromatic carbocycles. The molecule has 0 aliphatic rings. The second-order valence-electron chi connectivity index (χ2n) is 5.10. The first-order valence-corrected chi connectivity index (χ1v) is 7.32. The highest BCUT2D eigenvalue weighted by Gasteiger charge is 2.07. The van der Waals surface area contributed by atoms with E-state index >= 15 is 0 Å². The number of amides is 1. The lowest BCUT2D eigenvalue weighted by atomic mass is 10.3. The first-order chi connectivity index (χ1) is 11.6. The SMILES string of the molecule is O=C(NCCc1ccn(-c2ccc(F)cc2)n1)c1ccc(F)cn1. The second kappa shape index (κ2) is 6.99. The maximum absolute atomic E-state index is 12.9. The molecule has 3 rings (SSSR count). The van der Waals surface area contributed by atoms with E-state index in [0.717, 1.165) is 17.6 Å². The minimum atomic E-state index is -0.488. The van der Waals surface area contributed by atoms with Crippen LogP contribution in [0.4, 0.5) is 8.78 Å². The van der Waals surface area contributed by atoms with Gasteiger partial charge in [0.25, 0.3) is 5.91 Å². The molecular weight excluding hydrogens is 314 g/mol. The molecule has 1 amide bonds. The van der Waals surface area contributed by atoms with Crippen LogP contribution < -0.4 is 5.32 Å². The maximum Gasteiger partial charge on any atom is 0.269 e. The molecule has 24 heavy (non-hydrogen) atoms. The first kappa shape index (κ1) is 15.8. The quantitative estimate of drug-likeness (QED) is 0.783. The van der Waals surface area contributed by atoms with Crippen LogP contribution in [0.1, 0.15) is 16.2 Å². The van der Waals surface area contributed by atoms with Crippen LogP contribution in [0, 0.1) is 11.6 Å². The molecule has 0 unspecified atom stereocenters. The van der Waals surface area contributed by atoms with Crippen LogP contribution in [0.5, 0.6) is 0 Å². The average molecular weight is 328 g/mol. The second-order valence-corrected chi connectivity index (χ2v) is 5.10. The van der Waals surface area contributed by atoms with Gasteiger partial charge < -0.3 is 5.32 Å². The van der Waals surface area contributed by atoms with Gasteiger partial charge in [-0.3, -0.25) is 4.79 Å². The number of nitrogens with zero attached hydrogens (tertiary/aromatic N) is 3. The Morgan fingerprint density at radius 1 is 1.04 bits per heavy atom. The summed E-state index contributed by atoms with van der Waals surface area (Å²) >= 11 is 0. The van der Waals surface area contributed by atoms with Gasteiger partial charge in [-0.1, -0.05) is 0 Å². The van der Waals surface area contributed by atoms with Crippen molar-refractivity contribution in [2.45, 2.75) is 6.42 Å². The molecule has 5 nitrogen and oxygen atoms in total. The van der Waals surface area contributed by atoms with E-state index in [1.54, 1.807) is 23.0 Å². The molecule has 0 fully saturated rings. The highest BCUT2D eigenvalue weighted by molar-refractivity contribution is 5.92. The number of halogens is 2. The van der Waals surface area contributed by atoms with Crippen molar-refractivity contribution >= 4 is 5.91 Å². The molecule has 2 heterocycles. The fraction of sp³-hybridized carbons (Fsp3) is 0.118. The summed E-state index contributed by atoms with van der Waals surface area (Å²) < 4.78 is 27.3. The van der Waals surface area contributed by atoms with Gasteiger partial charge in [-0.15, -0.1) is 0 Å². The predicted molar refractivity (Wildman–Crippen MR) is 83.8 cm³/mol. The maximum atomic E-state index is 12.9. The Morgan fingerprint density at radius 3 is 2.50 bits per heavy atom. The monoisotopic (exact) mass is 328 g/mol. The van der Waals surface area contributed by atoms with Crippen LogP contribution in [-0.2, 0) is 6.42 Å². The van der Waals surface area contributed by atoms with Crippen LogP contribution in [0.15, 0.2) is 54.9 Å². The third-order valence-electron chi connectivity index (χ3n) is 3.36. The van der Waals surface area contributed by atoms with Gasteiger partial charge in [0.1, 0.15) is 17.3 Å². The zero-order chi connectivity index (χ0) is 16.9. The minimum Gasteiger partial charge on any atom is -0.350 e. The third kappa shape index (κ3) is 3.81. The van der Waals surface area contributed by atoms with E-state index in [-0.39, 0.29) is 17.4 Å². The van der Waals surface area contributed by atoms with Crippen molar-refractivity contribution in [2.75, 3.05) is 6.54 Å². The molecule has 3 aromatic rings. The van der Waals surface area contributed by atoms with E-state index in [1.165, 1.54) is 24.3 Å². The largest absolute Gasteiger partial charge is 0.350 e. The highest BCUT2D eigenvalue weighted by atomic mass is 19.1. The lowest BCUT2D eigenvalue weighted by Crippen LogP contribution is -2.26. The Morgan fingerprint density at radius 2 is 1.79 bits per heavy atom. The topological polar surface area (TPSA) is 59.8 Å². The van der Waals surface area contributed by atoms with Gasteiger partial charge in [0.15, 0.2) is 0 Å². The summed E-state index contributed by atoms with van der Waals surface area (Å²) in [6.07, 6.45) is 3.30. The highest BCUT2D eigenvalue weighted by Crippen LogP contribution is 2.09. The van der Waals surface area contributed by atoms with Gasteiger partial charge in [-0.05, 0) is 42.5 Å². The number of carbonyl (C=O) groups excluding carboxylic acids is 1. The summed E-state index contributed by atoms with van der Waals surface area (Å²) in [7, 11) is 0. The molecule has 0 radical (unpaired) electrons. The van der Waals surface area contributed by atoms with E-state index in [4.69, 9.17) is 0 Å². The number of carbonyl (C=O) groups is 1. The van der Waals surface area contributed by atoms with E-state index < -0.39 is 5.82 Å². The fourth-order valence-corrected chi connectivity index (χ4v) is 2.14. The molecular formula is C17H14F2N4O. The van der Waals surface area contributed by atoms with E-state index in [0.29, 0.717) is 13.0 Å². The fourth-order valence-electron chi connectivity index (χ4n) is 2.14. The Bertz CT molecular complexity index is 829. The molecule has 0 aliphatic heterocycles. The molecule has 7 heteroatoms. The lowest BCUT2D eigenvalue weighted by Gasteiger charge is -2.03. The van der Waals surface area contributed by atoms with Gasteiger partial charge in [0, 0.05) is 19.2 Å². The van der Waals surface area contributed by atoms with Crippen molar-refractivity contribution < 1.29 is 13.6 Å². The van der Waals surface area contributed by atoms with Crippen LogP contribution in [0.25, 0.3) is 5.69 Å². The number of pyridine rings is 1. The predicted octanol–water partition coefficient (Wildman–Crippen LogP) is 2.52. The zero-order valence-corrected chi connectivity index (χ0v) is 12.6. The Balaban J connectivity index is 1.55. The Labute approximate surface area is 137 Å². The molecule has 122 valence electrons. The Hall–Kier alpha value is -3.09. The molecule has 2 aromatic heterocycles. The molecule has 0 saturated carbocycles. The number of nitrogens with one attached hydrogen (secondary N) is 1. The van der Waals surface area contributed by atoms with Crippen molar-refractivity contribution in [3.05, 3.63) is 77.9 Å². The van der Waals surface area contributed by atoms with Gasteiger partial charge in [0.05, 0.1) is 17.6 Å². The molecule has 1 N–H and O–H groups in total. The van der Waals surface area contributed by atoms with E-state index in [2.05, 4.69) is 15.4 Å². The van der Waals surface area contributed by atoms with Crippen LogP contribution >= 0.6 is 0 Å². The van der Waals surface area contributed by atoms with E-state index in [9.17, 15) is 13.6 Å². The van der Waals surface area contributed by atoms with Gasteiger partial charge in [-0.25, -0.2) is 18.4 Å². The Kier molecular flexibility index (Phi) is 4.60. The standard InChI is InChI=1S/C17H14F2N4O/c18-12-1-4-15(5-2-12)23-10-8-14(22-23)7-9-20-17(24)16-6-3-13(19)11-21-16/h1-6,8,10-11H,7,9H2,(H,20,24).